The van der Waals surface area contributed by atoms with Crippen molar-refractivity contribution in [1.82, 2.24) is 62.3 Å². The summed E-state index contributed by atoms with van der Waals surface area (Å²) in [5.74, 6) is 4.49. The Morgan fingerprint density at radius 1 is 0.390 bits per heavy atom. The maximum Gasteiger partial charge on any atom is 0 e. The van der Waals surface area contributed by atoms with Gasteiger partial charge in [0, 0.05) is 123 Å². The van der Waals surface area contributed by atoms with E-state index in [9.17, 15) is 0 Å². The minimum absolute atomic E-state index is 0. The first-order valence-electron chi connectivity index (χ1n) is 43.5. The number of halogens is 3. The number of para-hydroxylation sites is 6. The van der Waals surface area contributed by atoms with E-state index in [1.807, 2.05) is 108 Å². The molecule has 0 spiro atoms. The number of hydrogen-bond donors (Lipinski definition) is 0. The molecule has 23 heteroatoms. The zero-order valence-corrected chi connectivity index (χ0v) is 85.3. The molecule has 1 aliphatic carbocycles. The van der Waals surface area contributed by atoms with Crippen molar-refractivity contribution in [3.63, 3.8) is 0 Å². The molecule has 674 valence electrons. The molecule has 136 heavy (non-hydrogen) atoms. The average Bonchev–Trinajstić information content (AvgIpc) is 1.57. The number of nitrogens with zero attached hydrogens (tertiary/aromatic N) is 16. The van der Waals surface area contributed by atoms with E-state index in [4.69, 9.17) is 31.8 Å². The number of aromatic nitrogens is 13. The van der Waals surface area contributed by atoms with E-state index in [0.717, 1.165) is 158 Å². The van der Waals surface area contributed by atoms with Crippen molar-refractivity contribution in [2.75, 3.05) is 0 Å². The quantitative estimate of drug-likeness (QED) is 0.102. The molecule has 0 unspecified atom stereocenters. The third-order valence-electron chi connectivity index (χ3n) is 25.1. The molecule has 26 rings (SSSR count). The molecule has 0 radical (unpaired) electrons. The molecule has 12 aromatic heterocycles. The van der Waals surface area contributed by atoms with Gasteiger partial charge >= 0.3 is 84.6 Å². The van der Waals surface area contributed by atoms with Gasteiger partial charge in [0.25, 0.3) is 0 Å². The number of aryl methyl sites for hydroxylation is 2. The van der Waals surface area contributed by atoms with Gasteiger partial charge < -0.3 is 44.2 Å². The monoisotopic (exact) mass is 2550 g/mol. The Kier molecular flexibility index (Phi) is 27.9. The SMILES string of the molecule is CC1(C)c2ccccc2-c2cnc(-n3c4[c-]c(-c5cc6ccccc6cn5)ccc4c4ccccc43)cc21.CC1=N[N+](c2[c-]c3c(cc2)c2ccccc2n3-c2ccccn2)=C(C)C1.CCn1c2ccccc2c2ccc(-n3c4[c-]c(-c5ccc6ccccc6n5)ccc4c4ccccc43)nc21.Cn1ccnc1-c1[c-]c2c(cc1)c1ccccc1n2-c1ccccn1.[C-]#N.[Cl][Pt+].[Cl][Pt+].[Cl][Pt+].[Pt]. The van der Waals surface area contributed by atoms with Gasteiger partial charge in [-0.15, -0.1) is 76.7 Å². The maximum absolute atomic E-state index is 6.25. The summed E-state index contributed by atoms with van der Waals surface area (Å²) in [4.78, 5) is 33.6. The molecule has 0 N–H and O–H groups in total. The van der Waals surface area contributed by atoms with Gasteiger partial charge in [0.1, 0.15) is 34.6 Å². The van der Waals surface area contributed by atoms with E-state index >= 15 is 0 Å². The van der Waals surface area contributed by atoms with Crippen molar-refractivity contribution in [3.8, 4) is 68.3 Å². The number of fused-ring (bicyclic) bond motifs is 20. The van der Waals surface area contributed by atoms with Gasteiger partial charge in [-0.1, -0.05) is 240 Å². The van der Waals surface area contributed by atoms with Gasteiger partial charge in [0.15, 0.2) is 5.71 Å². The van der Waals surface area contributed by atoms with Crippen LogP contribution in [0.2, 0.25) is 0 Å². The molecular formula is C113H80Cl3N16Pt4-. The van der Waals surface area contributed by atoms with Crippen LogP contribution in [0.1, 0.15) is 52.2 Å². The first-order valence-corrected chi connectivity index (χ1v) is 52.0. The summed E-state index contributed by atoms with van der Waals surface area (Å²) in [7, 11) is 15.8. The van der Waals surface area contributed by atoms with E-state index in [-0.39, 0.29) is 26.5 Å². The van der Waals surface area contributed by atoms with E-state index in [1.54, 1.807) is 56.3 Å². The summed E-state index contributed by atoms with van der Waals surface area (Å²) in [6.07, 6.45) is 12.3. The molecule has 13 heterocycles. The standard InChI is InChI=1S/C35H24N3.C34H23N4.C22H18N4.C21H15N4.CN.3ClH.4Pt/c1-35(2)29-13-7-5-11-25(29)28-21-37-34(19-30(28)35)38-32-14-8-6-12-26(32)27-16-15-23(18-33(27)38)31-17-22-9-3-4-10-24(22)20-36-31;1-2-37-30-13-7-4-11-25(30)27-18-20-33(36-34(27)37)38-31-14-8-5-10-24(31)26-17-15-23(21-32(26)38)29-19-16-22-9-3-6-12-28(22)35-29;1-15-13-16(2)26(24-15)17-10-11-19-18-7-3-4-8-20(18)25(21(19)14-17)22-9-5-6-12-23-22;1-24-13-12-23-21(24)15-9-10-17-16-6-2-3-7-18(16)25(19(17)14-15)20-8-4-5-11-22-20;1-2;;;;;;;/h3-17,19-21H,1-2H3;3-20H,2H2,1H3;3-12H,13H2,1-2H3;2-13H,1H3;;3*1H;;;;/q2*-1;;2*-1;;;;;3*+2/p-3. The van der Waals surface area contributed by atoms with Crippen molar-refractivity contribution in [2.45, 2.75) is 53.0 Å². The Hall–Kier alpha value is -13.3. The van der Waals surface area contributed by atoms with Crippen LogP contribution < -0.4 is 0 Å². The van der Waals surface area contributed by atoms with Crippen LogP contribution in [-0.4, -0.2) is 78.4 Å². The fourth-order valence-electron chi connectivity index (χ4n) is 19.2. The molecule has 1 aliphatic heterocycles. The second-order valence-electron chi connectivity index (χ2n) is 33.1. The summed E-state index contributed by atoms with van der Waals surface area (Å²) >= 11 is 4.83. The molecule has 0 saturated heterocycles. The minimum Gasteiger partial charge on any atom is 0 e. The summed E-state index contributed by atoms with van der Waals surface area (Å²) in [5, 5.41) is 26.2. The van der Waals surface area contributed by atoms with Crippen LogP contribution in [0.4, 0.5) is 5.69 Å². The van der Waals surface area contributed by atoms with Crippen molar-refractivity contribution >= 4 is 176 Å². The number of benzene rings is 12. The molecule has 0 saturated carbocycles. The van der Waals surface area contributed by atoms with Crippen LogP contribution >= 0.6 is 28.3 Å². The van der Waals surface area contributed by atoms with E-state index in [2.05, 4.69) is 391 Å². The van der Waals surface area contributed by atoms with E-state index in [0.29, 0.717) is 0 Å². The Balaban J connectivity index is 0.000000119. The molecule has 0 fully saturated rings. The topological polar surface area (TPSA) is 159 Å². The Morgan fingerprint density at radius 2 is 0.860 bits per heavy atom. The van der Waals surface area contributed by atoms with Gasteiger partial charge in [-0.25, -0.2) is 19.9 Å². The zero-order valence-electron chi connectivity index (χ0n) is 74.0. The van der Waals surface area contributed by atoms with Crippen molar-refractivity contribution in [1.29, 1.82) is 5.26 Å². The van der Waals surface area contributed by atoms with Crippen LogP contribution in [-0.2, 0) is 96.4 Å². The zero-order chi connectivity index (χ0) is 93.1. The van der Waals surface area contributed by atoms with Gasteiger partial charge in [-0.3, -0.25) is 9.97 Å². The van der Waals surface area contributed by atoms with Gasteiger partial charge in [-0.2, -0.15) is 6.07 Å². The first kappa shape index (κ1) is 93.1. The molecular weight excluding hydrogens is 2470 g/mol. The van der Waals surface area contributed by atoms with Crippen LogP contribution in [0.3, 0.4) is 0 Å². The Labute approximate surface area is 845 Å². The summed E-state index contributed by atoms with van der Waals surface area (Å²) in [6.45, 7) is 16.6. The fourth-order valence-corrected chi connectivity index (χ4v) is 19.2. The molecule has 0 bridgehead atoms. The number of rotatable bonds is 9. The van der Waals surface area contributed by atoms with Crippen LogP contribution in [0.25, 0.3) is 199 Å². The Morgan fingerprint density at radius 3 is 1.41 bits per heavy atom. The number of imidazole rings is 1. The normalized spacial score (nSPS) is 12.2. The van der Waals surface area contributed by atoms with Crippen molar-refractivity contribution < 1.29 is 82.1 Å². The summed E-state index contributed by atoms with van der Waals surface area (Å²) in [6, 6.07) is 124. The largest absolute Gasteiger partial charge is 0 e. The summed E-state index contributed by atoms with van der Waals surface area (Å²) < 4.78 is 15.1. The predicted octanol–water partition coefficient (Wildman–Crippen LogP) is 28.2. The average molecular weight is 2550 g/mol. The Bertz CT molecular complexity index is 8730. The van der Waals surface area contributed by atoms with Crippen LogP contribution in [0.5, 0.6) is 0 Å². The molecule has 0 amide bonds. The van der Waals surface area contributed by atoms with E-state index < -0.39 is 0 Å². The second-order valence-corrected chi connectivity index (χ2v) is 33.1. The molecule has 2 aliphatic rings. The number of pyridine rings is 6. The first-order chi connectivity index (χ1) is 66.4. The minimum atomic E-state index is -0.0910. The predicted molar refractivity (Wildman–Crippen MR) is 540 cm³/mol. The third-order valence-corrected chi connectivity index (χ3v) is 25.1. The summed E-state index contributed by atoms with van der Waals surface area (Å²) in [5.41, 5.74) is 24.9. The van der Waals surface area contributed by atoms with Gasteiger partial charge in [0.2, 0.25) is 0 Å². The van der Waals surface area contributed by atoms with Crippen LogP contribution in [0.15, 0.2) is 358 Å². The molecule has 0 atom stereocenters. The van der Waals surface area contributed by atoms with Crippen molar-refractivity contribution in [3.05, 3.63) is 395 Å². The molecule has 24 aromatic rings. The van der Waals surface area contributed by atoms with Gasteiger partial charge in [0.05, 0.1) is 29.0 Å². The molecule has 12 aromatic carbocycles. The fraction of sp³-hybridized carbons (Fsp3) is 0.0796. The maximum atomic E-state index is 6.25. The van der Waals surface area contributed by atoms with E-state index in [1.165, 1.54) is 82.0 Å². The number of hydrazone groups is 1. The van der Waals surface area contributed by atoms with Crippen molar-refractivity contribution in [2.24, 2.45) is 12.1 Å². The third kappa shape index (κ3) is 17.0. The van der Waals surface area contributed by atoms with Gasteiger partial charge in [-0.05, 0) is 180 Å². The van der Waals surface area contributed by atoms with Crippen LogP contribution in [0, 0.1) is 36.1 Å². The second kappa shape index (κ2) is 40.7. The molecule has 16 nitrogen and oxygen atoms in total. The number of hydrogen-bond acceptors (Lipinski definition) is 9. The smallest absolute Gasteiger partial charge is 0 e.